The number of nitrogens with zero attached hydrogens (tertiary/aromatic N) is 3. The molecule has 0 aliphatic heterocycles. The highest BCUT2D eigenvalue weighted by atomic mass is 79.9. The molecular weight excluding hydrogens is 356 g/mol. The van der Waals surface area contributed by atoms with E-state index in [4.69, 9.17) is 0 Å². The minimum atomic E-state index is -0.202. The van der Waals surface area contributed by atoms with E-state index < -0.39 is 0 Å². The molecule has 2 rings (SSSR count). The van der Waals surface area contributed by atoms with Crippen LogP contribution in [0.25, 0.3) is 0 Å². The second-order valence-corrected chi connectivity index (χ2v) is 6.14. The summed E-state index contributed by atoms with van der Waals surface area (Å²) in [5, 5.41) is 11.1. The molecule has 0 saturated heterocycles. The third kappa shape index (κ3) is 5.03. The number of rotatable bonds is 7. The summed E-state index contributed by atoms with van der Waals surface area (Å²) in [6.45, 7) is 6.18. The van der Waals surface area contributed by atoms with Crippen LogP contribution in [0.5, 0.6) is 0 Å². The topological polar surface area (TPSA) is 58.1 Å². The molecule has 0 unspecified atom stereocenters. The molecule has 0 atom stereocenters. The Bertz CT molecular complexity index is 639. The van der Waals surface area contributed by atoms with E-state index in [0.29, 0.717) is 11.4 Å². The summed E-state index contributed by atoms with van der Waals surface area (Å²) in [6.07, 6.45) is 2.12. The molecule has 1 amide bonds. The molecule has 6 heteroatoms. The number of carbonyl (C=O) groups is 1. The molecule has 1 aromatic carbocycles. The van der Waals surface area contributed by atoms with Gasteiger partial charge in [-0.2, -0.15) is 0 Å². The van der Waals surface area contributed by atoms with E-state index in [9.17, 15) is 4.79 Å². The van der Waals surface area contributed by atoms with Crippen molar-refractivity contribution in [2.45, 2.75) is 26.7 Å². The SMILES string of the molecule is CCCN(CCC)c1ccc(NC(=O)c2cccc(Br)c2)nn1. The lowest BCUT2D eigenvalue weighted by Crippen LogP contribution is -2.26. The first-order valence-corrected chi connectivity index (χ1v) is 8.59. The summed E-state index contributed by atoms with van der Waals surface area (Å²) >= 11 is 3.36. The minimum Gasteiger partial charge on any atom is -0.355 e. The Kier molecular flexibility index (Phi) is 6.52. The molecule has 0 spiro atoms. The maximum absolute atomic E-state index is 12.2. The molecule has 1 N–H and O–H groups in total. The molecule has 2 aromatic rings. The van der Waals surface area contributed by atoms with Gasteiger partial charge in [-0.3, -0.25) is 4.79 Å². The van der Waals surface area contributed by atoms with Gasteiger partial charge < -0.3 is 10.2 Å². The quantitative estimate of drug-likeness (QED) is 0.789. The molecule has 0 aliphatic rings. The van der Waals surface area contributed by atoms with E-state index >= 15 is 0 Å². The molecule has 23 heavy (non-hydrogen) atoms. The summed E-state index contributed by atoms with van der Waals surface area (Å²) < 4.78 is 0.862. The van der Waals surface area contributed by atoms with Crippen molar-refractivity contribution in [3.8, 4) is 0 Å². The van der Waals surface area contributed by atoms with Crippen LogP contribution >= 0.6 is 15.9 Å². The number of amides is 1. The predicted octanol–water partition coefficient (Wildman–Crippen LogP) is 4.12. The van der Waals surface area contributed by atoms with Crippen LogP contribution in [0.2, 0.25) is 0 Å². The van der Waals surface area contributed by atoms with Crippen LogP contribution in [0.1, 0.15) is 37.0 Å². The minimum absolute atomic E-state index is 0.202. The van der Waals surface area contributed by atoms with Crippen LogP contribution in [0.15, 0.2) is 40.9 Å². The second kappa shape index (κ2) is 8.62. The standard InChI is InChI=1S/C17H21BrN4O/c1-3-10-22(11-4-2)16-9-8-15(20-21-16)19-17(23)13-6-5-7-14(18)12-13/h5-9,12H,3-4,10-11H2,1-2H3,(H,19,20,23). The molecule has 0 radical (unpaired) electrons. The van der Waals surface area contributed by atoms with E-state index in [1.807, 2.05) is 18.2 Å². The zero-order valence-electron chi connectivity index (χ0n) is 13.4. The first-order chi connectivity index (χ1) is 11.1. The fourth-order valence-electron chi connectivity index (χ4n) is 2.26. The van der Waals surface area contributed by atoms with Crippen LogP contribution in [-0.4, -0.2) is 29.2 Å². The fraction of sp³-hybridized carbons (Fsp3) is 0.353. The Labute approximate surface area is 145 Å². The van der Waals surface area contributed by atoms with Gasteiger partial charge in [-0.05, 0) is 43.2 Å². The van der Waals surface area contributed by atoms with Crippen LogP contribution < -0.4 is 10.2 Å². The first kappa shape index (κ1) is 17.4. The molecular formula is C17H21BrN4O. The molecule has 0 bridgehead atoms. The number of hydrogen-bond donors (Lipinski definition) is 1. The molecule has 0 fully saturated rings. The van der Waals surface area contributed by atoms with Gasteiger partial charge in [0.05, 0.1) is 0 Å². The van der Waals surface area contributed by atoms with E-state index in [1.165, 1.54) is 0 Å². The third-order valence-corrected chi connectivity index (χ3v) is 3.78. The molecule has 0 aliphatic carbocycles. The Morgan fingerprint density at radius 3 is 2.43 bits per heavy atom. The highest BCUT2D eigenvalue weighted by molar-refractivity contribution is 9.10. The lowest BCUT2D eigenvalue weighted by molar-refractivity contribution is 0.102. The molecule has 1 aromatic heterocycles. The Morgan fingerprint density at radius 2 is 1.87 bits per heavy atom. The second-order valence-electron chi connectivity index (χ2n) is 5.23. The van der Waals surface area contributed by atoms with Crippen molar-refractivity contribution in [1.29, 1.82) is 0 Å². The summed E-state index contributed by atoms with van der Waals surface area (Å²) in [4.78, 5) is 14.4. The van der Waals surface area contributed by atoms with Crippen molar-refractivity contribution in [3.63, 3.8) is 0 Å². The average molecular weight is 377 g/mol. The van der Waals surface area contributed by atoms with Gasteiger partial charge in [0.15, 0.2) is 11.6 Å². The van der Waals surface area contributed by atoms with Gasteiger partial charge in [-0.1, -0.05) is 35.8 Å². The van der Waals surface area contributed by atoms with Crippen molar-refractivity contribution in [3.05, 3.63) is 46.4 Å². The number of nitrogens with one attached hydrogen (secondary N) is 1. The van der Waals surface area contributed by atoms with E-state index in [1.54, 1.807) is 18.2 Å². The summed E-state index contributed by atoms with van der Waals surface area (Å²) in [7, 11) is 0. The number of halogens is 1. The summed E-state index contributed by atoms with van der Waals surface area (Å²) in [6, 6.07) is 10.9. The van der Waals surface area contributed by atoms with Gasteiger partial charge in [-0.25, -0.2) is 0 Å². The summed E-state index contributed by atoms with van der Waals surface area (Å²) in [5.41, 5.74) is 0.573. The van der Waals surface area contributed by atoms with Gasteiger partial charge in [0.1, 0.15) is 0 Å². The first-order valence-electron chi connectivity index (χ1n) is 7.79. The maximum atomic E-state index is 12.2. The molecule has 1 heterocycles. The number of benzene rings is 1. The van der Waals surface area contributed by atoms with Crippen molar-refractivity contribution in [1.82, 2.24) is 10.2 Å². The lowest BCUT2D eigenvalue weighted by Gasteiger charge is -2.21. The molecule has 122 valence electrons. The smallest absolute Gasteiger partial charge is 0.256 e. The monoisotopic (exact) mass is 376 g/mol. The lowest BCUT2D eigenvalue weighted by atomic mass is 10.2. The Morgan fingerprint density at radius 1 is 1.13 bits per heavy atom. The largest absolute Gasteiger partial charge is 0.355 e. The van der Waals surface area contributed by atoms with Crippen LogP contribution in [0.3, 0.4) is 0 Å². The van der Waals surface area contributed by atoms with Crippen molar-refractivity contribution in [2.24, 2.45) is 0 Å². The van der Waals surface area contributed by atoms with E-state index in [0.717, 1.165) is 36.2 Å². The number of aromatic nitrogens is 2. The van der Waals surface area contributed by atoms with Gasteiger partial charge >= 0.3 is 0 Å². The van der Waals surface area contributed by atoms with E-state index in [-0.39, 0.29) is 5.91 Å². The molecule has 0 saturated carbocycles. The van der Waals surface area contributed by atoms with Gasteiger partial charge in [0.25, 0.3) is 5.91 Å². The highest BCUT2D eigenvalue weighted by Crippen LogP contribution is 2.15. The van der Waals surface area contributed by atoms with Crippen molar-refractivity contribution in [2.75, 3.05) is 23.3 Å². The van der Waals surface area contributed by atoms with Gasteiger partial charge in [0, 0.05) is 23.1 Å². The third-order valence-electron chi connectivity index (χ3n) is 3.29. The number of hydrogen-bond acceptors (Lipinski definition) is 4. The molecule has 5 nitrogen and oxygen atoms in total. The highest BCUT2D eigenvalue weighted by Gasteiger charge is 2.10. The van der Waals surface area contributed by atoms with E-state index in [2.05, 4.69) is 50.2 Å². The van der Waals surface area contributed by atoms with Crippen molar-refractivity contribution < 1.29 is 4.79 Å². The zero-order chi connectivity index (χ0) is 16.7. The van der Waals surface area contributed by atoms with Crippen LogP contribution in [0, 0.1) is 0 Å². The normalized spacial score (nSPS) is 10.4. The van der Waals surface area contributed by atoms with Gasteiger partial charge in [0.2, 0.25) is 0 Å². The zero-order valence-corrected chi connectivity index (χ0v) is 15.0. The van der Waals surface area contributed by atoms with Gasteiger partial charge in [-0.15, -0.1) is 10.2 Å². The predicted molar refractivity (Wildman–Crippen MR) is 96.9 cm³/mol. The van der Waals surface area contributed by atoms with Crippen molar-refractivity contribution >= 4 is 33.5 Å². The Hall–Kier alpha value is -1.95. The summed E-state index contributed by atoms with van der Waals surface area (Å²) in [5.74, 6) is 1.09. The van der Waals surface area contributed by atoms with Crippen LogP contribution in [-0.2, 0) is 0 Å². The fourth-order valence-corrected chi connectivity index (χ4v) is 2.66. The number of carbonyl (C=O) groups excluding carboxylic acids is 1. The van der Waals surface area contributed by atoms with Crippen LogP contribution in [0.4, 0.5) is 11.6 Å². The maximum Gasteiger partial charge on any atom is 0.256 e. The number of anilines is 2. The average Bonchev–Trinajstić information content (AvgIpc) is 2.55. The Balaban J connectivity index is 2.06.